The number of hydrogen-bond donors (Lipinski definition) is 4. The second-order valence-corrected chi connectivity index (χ2v) is 6.13. The van der Waals surface area contributed by atoms with E-state index in [1.54, 1.807) is 0 Å². The second-order valence-electron chi connectivity index (χ2n) is 6.13. The molecule has 0 bridgehead atoms. The van der Waals surface area contributed by atoms with Crippen LogP contribution in [0.4, 0.5) is 23.8 Å². The highest BCUT2D eigenvalue weighted by Gasteiger charge is 2.10. The molecule has 8 nitrogen and oxygen atoms in total. The fourth-order valence-electron chi connectivity index (χ4n) is 2.20. The zero-order valence-corrected chi connectivity index (χ0v) is 14.3. The lowest BCUT2D eigenvalue weighted by atomic mass is 10.3. The van der Waals surface area contributed by atoms with Crippen molar-refractivity contribution in [1.29, 1.82) is 0 Å². The molecule has 1 aromatic carbocycles. The van der Waals surface area contributed by atoms with Crippen LogP contribution < -0.4 is 16.0 Å². The van der Waals surface area contributed by atoms with Crippen LogP contribution in [0.5, 0.6) is 0 Å². The molecule has 0 saturated heterocycles. The van der Waals surface area contributed by atoms with Crippen LogP contribution >= 0.6 is 0 Å². The Morgan fingerprint density at radius 1 is 0.792 bits per heavy atom. The minimum absolute atomic E-state index is 0.221. The van der Waals surface area contributed by atoms with Crippen LogP contribution in [0.15, 0.2) is 24.3 Å². The number of benzene rings is 1. The monoisotopic (exact) mass is 326 g/mol. The molecule has 8 heteroatoms. The van der Waals surface area contributed by atoms with Crippen LogP contribution in [0.1, 0.15) is 27.7 Å². The molecule has 0 unspecified atom stereocenters. The lowest BCUT2D eigenvalue weighted by Crippen LogP contribution is -2.18. The molecule has 0 aliphatic heterocycles. The molecule has 24 heavy (non-hydrogen) atoms. The minimum atomic E-state index is 0.221. The predicted molar refractivity (Wildman–Crippen MR) is 96.7 cm³/mol. The van der Waals surface area contributed by atoms with Gasteiger partial charge < -0.3 is 15.6 Å². The number of fused-ring (bicyclic) bond motifs is 1. The Balaban J connectivity index is 1.89. The van der Waals surface area contributed by atoms with Gasteiger partial charge in [0, 0.05) is 12.1 Å². The first-order valence-electron chi connectivity index (χ1n) is 8.00. The van der Waals surface area contributed by atoms with Crippen LogP contribution in [0.25, 0.3) is 11.0 Å². The molecule has 3 aromatic rings. The summed E-state index contributed by atoms with van der Waals surface area (Å²) in [5.41, 5.74) is 1.84. The summed E-state index contributed by atoms with van der Waals surface area (Å²) >= 11 is 0. The quantitative estimate of drug-likeness (QED) is 0.552. The molecule has 0 spiro atoms. The zero-order chi connectivity index (χ0) is 17.1. The van der Waals surface area contributed by atoms with E-state index in [2.05, 4.69) is 40.9 Å². The number of anilines is 4. The average Bonchev–Trinajstić information content (AvgIpc) is 2.87. The molecule has 0 atom stereocenters. The fraction of sp³-hybridized carbons (Fsp3) is 0.375. The van der Waals surface area contributed by atoms with Gasteiger partial charge in [0.05, 0.1) is 11.0 Å². The van der Waals surface area contributed by atoms with Crippen molar-refractivity contribution in [3.63, 3.8) is 0 Å². The number of rotatable bonds is 6. The summed E-state index contributed by atoms with van der Waals surface area (Å²) in [7, 11) is 0. The Hall–Kier alpha value is -2.90. The largest absolute Gasteiger partial charge is 0.352 e. The number of nitrogens with one attached hydrogen (secondary N) is 4. The van der Waals surface area contributed by atoms with E-state index < -0.39 is 0 Å². The molecule has 0 amide bonds. The number of aromatic nitrogens is 5. The fourth-order valence-corrected chi connectivity index (χ4v) is 2.20. The summed E-state index contributed by atoms with van der Waals surface area (Å²) in [6, 6.07) is 8.27. The van der Waals surface area contributed by atoms with Gasteiger partial charge in [0.1, 0.15) is 0 Å². The van der Waals surface area contributed by atoms with Crippen molar-refractivity contribution in [3.05, 3.63) is 24.3 Å². The molecule has 4 N–H and O–H groups in total. The molecule has 0 saturated carbocycles. The summed E-state index contributed by atoms with van der Waals surface area (Å²) < 4.78 is 0. The van der Waals surface area contributed by atoms with E-state index in [4.69, 9.17) is 0 Å². The Kier molecular flexibility index (Phi) is 4.45. The van der Waals surface area contributed by atoms with Gasteiger partial charge >= 0.3 is 0 Å². The number of H-pyrrole nitrogens is 1. The molecule has 2 heterocycles. The molecule has 2 aromatic heterocycles. The van der Waals surface area contributed by atoms with Gasteiger partial charge in [-0.15, -0.1) is 0 Å². The van der Waals surface area contributed by atoms with Crippen LogP contribution in [-0.2, 0) is 0 Å². The van der Waals surface area contributed by atoms with Crippen LogP contribution in [0.2, 0.25) is 0 Å². The molecule has 126 valence electrons. The summed E-state index contributed by atoms with van der Waals surface area (Å²) in [5.74, 6) is 2.05. The van der Waals surface area contributed by atoms with Gasteiger partial charge in [-0.3, -0.25) is 5.32 Å². The maximum Gasteiger partial charge on any atom is 0.236 e. The van der Waals surface area contributed by atoms with Crippen molar-refractivity contribution in [3.8, 4) is 0 Å². The van der Waals surface area contributed by atoms with Gasteiger partial charge in [-0.05, 0) is 39.8 Å². The van der Waals surface area contributed by atoms with Crippen LogP contribution in [-0.4, -0.2) is 37.0 Å². The Labute approximate surface area is 140 Å². The van der Waals surface area contributed by atoms with E-state index in [-0.39, 0.29) is 12.1 Å². The van der Waals surface area contributed by atoms with Gasteiger partial charge in [-0.1, -0.05) is 12.1 Å². The normalized spacial score (nSPS) is 11.2. The summed E-state index contributed by atoms with van der Waals surface area (Å²) in [5, 5.41) is 9.51. The lowest BCUT2D eigenvalue weighted by molar-refractivity contribution is 0.846. The van der Waals surface area contributed by atoms with E-state index >= 15 is 0 Å². The topological polar surface area (TPSA) is 103 Å². The van der Waals surface area contributed by atoms with E-state index in [1.807, 2.05) is 52.0 Å². The van der Waals surface area contributed by atoms with Crippen molar-refractivity contribution in [2.45, 2.75) is 39.8 Å². The lowest BCUT2D eigenvalue weighted by Gasteiger charge is -2.13. The van der Waals surface area contributed by atoms with E-state index in [1.165, 1.54) is 0 Å². The third-order valence-corrected chi connectivity index (χ3v) is 3.09. The third kappa shape index (κ3) is 3.89. The van der Waals surface area contributed by atoms with Crippen LogP contribution in [0, 0.1) is 0 Å². The Morgan fingerprint density at radius 2 is 1.38 bits per heavy atom. The van der Waals surface area contributed by atoms with Gasteiger partial charge in [0.2, 0.25) is 23.8 Å². The van der Waals surface area contributed by atoms with Crippen LogP contribution in [0.3, 0.4) is 0 Å². The standard InChI is InChI=1S/C16H22N8/c1-9(2)17-13-21-14(18-10(3)4)23-16(22-13)24-15-19-11-7-5-6-8-12(11)20-15/h5-10H,1-4H3,(H4,17,18,19,20,21,22,23,24). The number of hydrogen-bond acceptors (Lipinski definition) is 7. The van der Waals surface area contributed by atoms with E-state index in [0.29, 0.717) is 23.8 Å². The Bertz CT molecular complexity index is 763. The maximum absolute atomic E-state index is 4.48. The predicted octanol–water partition coefficient (Wildman–Crippen LogP) is 3.13. The zero-order valence-electron chi connectivity index (χ0n) is 14.3. The molecular weight excluding hydrogens is 304 g/mol. The number of imidazole rings is 1. The average molecular weight is 326 g/mol. The third-order valence-electron chi connectivity index (χ3n) is 3.09. The molecule has 3 rings (SSSR count). The molecule has 0 radical (unpaired) electrons. The Morgan fingerprint density at radius 3 is 1.96 bits per heavy atom. The van der Waals surface area contributed by atoms with Crippen molar-refractivity contribution in [2.24, 2.45) is 0 Å². The minimum Gasteiger partial charge on any atom is -0.352 e. The maximum atomic E-state index is 4.48. The van der Waals surface area contributed by atoms with Crippen molar-refractivity contribution < 1.29 is 0 Å². The van der Waals surface area contributed by atoms with Gasteiger partial charge in [0.25, 0.3) is 0 Å². The van der Waals surface area contributed by atoms with E-state index in [9.17, 15) is 0 Å². The van der Waals surface area contributed by atoms with Gasteiger partial charge in [-0.25, -0.2) is 4.98 Å². The van der Waals surface area contributed by atoms with Crippen molar-refractivity contribution in [1.82, 2.24) is 24.9 Å². The SMILES string of the molecule is CC(C)Nc1nc(Nc2nc3ccccc3[nH]2)nc(NC(C)C)n1. The highest BCUT2D eigenvalue weighted by molar-refractivity contribution is 5.77. The van der Waals surface area contributed by atoms with Gasteiger partial charge in [-0.2, -0.15) is 15.0 Å². The summed E-state index contributed by atoms with van der Waals surface area (Å²) in [4.78, 5) is 20.9. The summed E-state index contributed by atoms with van der Waals surface area (Å²) in [6.45, 7) is 8.13. The first-order chi connectivity index (χ1) is 11.5. The summed E-state index contributed by atoms with van der Waals surface area (Å²) in [6.07, 6.45) is 0. The highest BCUT2D eigenvalue weighted by Crippen LogP contribution is 2.18. The van der Waals surface area contributed by atoms with Gasteiger partial charge in [0.15, 0.2) is 0 Å². The number of nitrogens with zero attached hydrogens (tertiary/aromatic N) is 4. The first-order valence-corrected chi connectivity index (χ1v) is 8.00. The molecule has 0 fully saturated rings. The number of aromatic amines is 1. The second kappa shape index (κ2) is 6.69. The number of para-hydroxylation sites is 2. The smallest absolute Gasteiger partial charge is 0.236 e. The highest BCUT2D eigenvalue weighted by atomic mass is 15.3. The van der Waals surface area contributed by atoms with E-state index in [0.717, 1.165) is 11.0 Å². The molecular formula is C16H22N8. The van der Waals surface area contributed by atoms with Crippen molar-refractivity contribution in [2.75, 3.05) is 16.0 Å². The molecule has 0 aliphatic rings. The first kappa shape index (κ1) is 16.0. The molecule has 0 aliphatic carbocycles. The van der Waals surface area contributed by atoms with Crippen molar-refractivity contribution >= 4 is 34.8 Å².